The smallest absolute Gasteiger partial charge is 0.364 e. The van der Waals surface area contributed by atoms with E-state index < -0.39 is 34.7 Å². The molecule has 0 saturated heterocycles. The van der Waals surface area contributed by atoms with Crippen LogP contribution in [0.4, 0.5) is 0 Å². The van der Waals surface area contributed by atoms with Gasteiger partial charge in [0.15, 0.2) is 0 Å². The third-order valence-corrected chi connectivity index (χ3v) is 16.7. The molecule has 1 aromatic rings. The van der Waals surface area contributed by atoms with E-state index in [1.54, 1.807) is 0 Å². The summed E-state index contributed by atoms with van der Waals surface area (Å²) in [6.45, 7) is 0. The zero-order valence-electron chi connectivity index (χ0n) is 8.81. The summed E-state index contributed by atoms with van der Waals surface area (Å²) in [4.78, 5) is 0. The molecule has 0 saturated carbocycles. The lowest BCUT2D eigenvalue weighted by Gasteiger charge is -2.11. The van der Waals surface area contributed by atoms with Gasteiger partial charge in [0, 0.05) is 0 Å². The van der Waals surface area contributed by atoms with Crippen molar-refractivity contribution >= 4 is 34.7 Å². The lowest BCUT2D eigenvalue weighted by atomic mass is 10.3. The number of hydrogen-bond acceptors (Lipinski definition) is 7. The molecule has 0 spiro atoms. The van der Waals surface area contributed by atoms with Crippen molar-refractivity contribution in [3.63, 3.8) is 0 Å². The summed E-state index contributed by atoms with van der Waals surface area (Å²) in [5, 5.41) is 0. The van der Waals surface area contributed by atoms with Crippen LogP contribution in [0.3, 0.4) is 0 Å². The molecule has 0 radical (unpaired) electrons. The Labute approximate surface area is 109 Å². The van der Waals surface area contributed by atoms with Crippen molar-refractivity contribution in [2.24, 2.45) is 0 Å². The number of hydrogen-bond donors (Lipinski definition) is 2. The van der Waals surface area contributed by atoms with E-state index in [2.05, 4.69) is 4.18 Å². The summed E-state index contributed by atoms with van der Waals surface area (Å²) in [7, 11) is -16.5. The van der Waals surface area contributed by atoms with Crippen molar-refractivity contribution in [2.45, 2.75) is 0 Å². The standard InChI is InChI=1S/C6H7O9PS3/c7-17(8,9)16(18(10,11)12)19(13,14)15-6-4-2-1-3-5-6/h1-5H,(H,7,8,9)(H,10,11,12). The SMILES string of the molecule is O=S(=O)(O)P(S(=O)(=O)O)S(=O)(=O)Oc1ccccc1. The highest BCUT2D eigenvalue weighted by molar-refractivity contribution is 9.03. The fourth-order valence-corrected chi connectivity index (χ4v) is 11.5. The van der Waals surface area contributed by atoms with Gasteiger partial charge >= 0.3 is 34.7 Å². The molecule has 0 bridgehead atoms. The van der Waals surface area contributed by atoms with Crippen molar-refractivity contribution in [2.75, 3.05) is 0 Å². The van der Waals surface area contributed by atoms with E-state index in [4.69, 9.17) is 9.11 Å². The Hall–Kier alpha value is -0.780. The topological polar surface area (TPSA) is 152 Å². The van der Waals surface area contributed by atoms with E-state index >= 15 is 0 Å². The maximum absolute atomic E-state index is 11.5. The van der Waals surface area contributed by atoms with Gasteiger partial charge in [-0.1, -0.05) is 18.2 Å². The molecule has 108 valence electrons. The molecule has 0 unspecified atom stereocenters. The zero-order chi connectivity index (χ0) is 14.9. The van der Waals surface area contributed by atoms with Crippen LogP contribution in [-0.2, 0) is 29.2 Å². The molecule has 2 N–H and O–H groups in total. The van der Waals surface area contributed by atoms with E-state index in [9.17, 15) is 25.3 Å². The summed E-state index contributed by atoms with van der Waals surface area (Å²) in [6.07, 6.45) is 0. The maximum Gasteiger partial charge on any atom is 0.364 e. The van der Waals surface area contributed by atoms with E-state index in [0.29, 0.717) is 0 Å². The van der Waals surface area contributed by atoms with Crippen LogP contribution in [0.15, 0.2) is 30.3 Å². The Morgan fingerprint density at radius 2 is 1.26 bits per heavy atom. The van der Waals surface area contributed by atoms with Gasteiger partial charge in [0.05, 0.1) is 0 Å². The first-order chi connectivity index (χ1) is 8.44. The molecule has 19 heavy (non-hydrogen) atoms. The lowest BCUT2D eigenvalue weighted by molar-refractivity contribution is 0.494. The molecule has 0 aliphatic heterocycles. The molecular formula is C6H7O9PS3. The van der Waals surface area contributed by atoms with Crippen molar-refractivity contribution in [1.82, 2.24) is 0 Å². The van der Waals surface area contributed by atoms with Gasteiger partial charge in [-0.2, -0.15) is 25.3 Å². The first-order valence-electron chi connectivity index (χ1n) is 4.19. The summed E-state index contributed by atoms with van der Waals surface area (Å²) in [5.41, 5.74) is -4.30. The van der Waals surface area contributed by atoms with E-state index in [1.807, 2.05) is 0 Å². The highest BCUT2D eigenvalue weighted by Crippen LogP contribution is 2.54. The predicted molar refractivity (Wildman–Crippen MR) is 66.0 cm³/mol. The lowest BCUT2D eigenvalue weighted by Crippen LogP contribution is -2.17. The molecule has 0 aliphatic rings. The molecular weight excluding hydrogens is 343 g/mol. The van der Waals surface area contributed by atoms with Gasteiger partial charge < -0.3 is 4.18 Å². The molecule has 0 fully saturated rings. The maximum atomic E-state index is 11.5. The van der Waals surface area contributed by atoms with Crippen LogP contribution in [0, 0.1) is 0 Å². The summed E-state index contributed by atoms with van der Waals surface area (Å²) in [6, 6.07) is 6.40. The average molecular weight is 350 g/mol. The third kappa shape index (κ3) is 4.37. The number of para-hydroxylation sites is 1. The van der Waals surface area contributed by atoms with Gasteiger partial charge in [-0.15, -0.1) is 0 Å². The Morgan fingerprint density at radius 1 is 0.842 bits per heavy atom. The van der Waals surface area contributed by atoms with Crippen LogP contribution in [0.25, 0.3) is 0 Å². The van der Waals surface area contributed by atoms with Crippen molar-refractivity contribution in [1.29, 1.82) is 0 Å². The van der Waals surface area contributed by atoms with Gasteiger partial charge in [0.25, 0.3) is 0 Å². The average Bonchev–Trinajstić information content (AvgIpc) is 2.11. The molecule has 0 heterocycles. The molecule has 0 aliphatic carbocycles. The van der Waals surface area contributed by atoms with Crippen molar-refractivity contribution in [3.05, 3.63) is 30.3 Å². The monoisotopic (exact) mass is 350 g/mol. The van der Waals surface area contributed by atoms with Gasteiger partial charge in [0.1, 0.15) is 5.75 Å². The highest BCUT2D eigenvalue weighted by Gasteiger charge is 2.50. The predicted octanol–water partition coefficient (Wildman–Crippen LogP) is 0.398. The molecule has 0 atom stereocenters. The van der Waals surface area contributed by atoms with Crippen LogP contribution in [0.2, 0.25) is 0 Å². The quantitative estimate of drug-likeness (QED) is 0.567. The number of benzene rings is 1. The first-order valence-corrected chi connectivity index (χ1v) is 11.6. The van der Waals surface area contributed by atoms with E-state index in [0.717, 1.165) is 12.1 Å². The van der Waals surface area contributed by atoms with Crippen molar-refractivity contribution < 1.29 is 38.5 Å². The molecule has 9 nitrogen and oxygen atoms in total. The largest absolute Gasteiger partial charge is 0.378 e. The van der Waals surface area contributed by atoms with Crippen LogP contribution >= 0.6 is 5.53 Å². The molecule has 1 aromatic carbocycles. The van der Waals surface area contributed by atoms with Gasteiger partial charge in [-0.25, -0.2) is 0 Å². The zero-order valence-corrected chi connectivity index (χ0v) is 12.2. The molecule has 0 amide bonds. The third-order valence-electron chi connectivity index (χ3n) is 1.50. The molecule has 1 rings (SSSR count). The van der Waals surface area contributed by atoms with Crippen LogP contribution in [-0.4, -0.2) is 34.4 Å². The van der Waals surface area contributed by atoms with Crippen LogP contribution in [0.5, 0.6) is 5.75 Å². The second kappa shape index (κ2) is 5.31. The Bertz CT molecular complexity index is 717. The van der Waals surface area contributed by atoms with Gasteiger partial charge in [-0.3, -0.25) is 9.11 Å². The minimum Gasteiger partial charge on any atom is -0.378 e. The van der Waals surface area contributed by atoms with Crippen LogP contribution in [0.1, 0.15) is 0 Å². The summed E-state index contributed by atoms with van der Waals surface area (Å²) >= 11 is 0. The van der Waals surface area contributed by atoms with Crippen LogP contribution < -0.4 is 4.18 Å². The molecule has 13 heteroatoms. The second-order valence-corrected chi connectivity index (χ2v) is 15.7. The minimum atomic E-state index is -5.59. The van der Waals surface area contributed by atoms with Gasteiger partial charge in [0.2, 0.25) is 0 Å². The summed E-state index contributed by atoms with van der Waals surface area (Å²) in [5.74, 6) is -0.373. The normalized spacial score (nSPS) is 13.4. The first kappa shape index (κ1) is 16.3. The molecule has 0 aromatic heterocycles. The highest BCUT2D eigenvalue weighted by atomic mass is 33.4. The summed E-state index contributed by atoms with van der Waals surface area (Å²) < 4.78 is 87.7. The minimum absolute atomic E-state index is 0.373. The fraction of sp³-hybridized carbons (Fsp3) is 0. The fourth-order valence-electron chi connectivity index (χ4n) is 0.978. The van der Waals surface area contributed by atoms with E-state index in [-0.39, 0.29) is 5.75 Å². The Kier molecular flexibility index (Phi) is 4.55. The Balaban J connectivity index is 3.32. The van der Waals surface area contributed by atoms with E-state index in [1.165, 1.54) is 18.2 Å². The number of rotatable bonds is 5. The Morgan fingerprint density at radius 3 is 1.63 bits per heavy atom. The van der Waals surface area contributed by atoms with Gasteiger partial charge in [-0.05, 0) is 12.1 Å². The van der Waals surface area contributed by atoms with Crippen molar-refractivity contribution in [3.8, 4) is 5.75 Å². The second-order valence-electron chi connectivity index (χ2n) is 2.94.